The van der Waals surface area contributed by atoms with E-state index in [0.29, 0.717) is 22.7 Å². The third-order valence-corrected chi connectivity index (χ3v) is 4.44. The van der Waals surface area contributed by atoms with Gasteiger partial charge in [-0.05, 0) is 31.7 Å². The number of hydrogen-bond donors (Lipinski definition) is 0. The predicted molar refractivity (Wildman–Crippen MR) is 82.7 cm³/mol. The number of hydrogen-bond acceptors (Lipinski definition) is 5. The number of nitro groups is 1. The number of benzene rings is 1. The van der Waals surface area contributed by atoms with Crippen molar-refractivity contribution in [1.29, 1.82) is 0 Å². The van der Waals surface area contributed by atoms with Crippen molar-refractivity contribution in [2.75, 3.05) is 0 Å². The van der Waals surface area contributed by atoms with E-state index in [-0.39, 0.29) is 12.3 Å². The third kappa shape index (κ3) is 2.88. The molecule has 0 saturated heterocycles. The molecule has 4 rings (SSSR count). The molecule has 2 aliphatic rings. The van der Waals surface area contributed by atoms with Crippen LogP contribution in [0.2, 0.25) is 5.02 Å². The van der Waals surface area contributed by atoms with Crippen LogP contribution < -0.4 is 4.74 Å². The SMILES string of the molecule is O=[N+]([O-])c1ccc(Cl)c(OCc2nnc(C3CC3)n2C2CC2)c1. The van der Waals surface area contributed by atoms with Crippen molar-refractivity contribution < 1.29 is 9.66 Å². The molecule has 2 saturated carbocycles. The average Bonchev–Trinajstić information content (AvgIpc) is 3.45. The fraction of sp³-hybridized carbons (Fsp3) is 0.467. The molecule has 0 spiro atoms. The van der Waals surface area contributed by atoms with Crippen molar-refractivity contribution in [1.82, 2.24) is 14.8 Å². The van der Waals surface area contributed by atoms with Crippen molar-refractivity contribution in [3.63, 3.8) is 0 Å². The molecule has 2 aliphatic carbocycles. The van der Waals surface area contributed by atoms with Gasteiger partial charge in [-0.1, -0.05) is 11.6 Å². The molecule has 120 valence electrons. The second-order valence-corrected chi connectivity index (χ2v) is 6.42. The fourth-order valence-corrected chi connectivity index (χ4v) is 2.82. The van der Waals surface area contributed by atoms with E-state index in [2.05, 4.69) is 14.8 Å². The predicted octanol–water partition coefficient (Wildman–Crippen LogP) is 3.63. The van der Waals surface area contributed by atoms with Crippen molar-refractivity contribution in [2.45, 2.75) is 44.2 Å². The molecule has 0 atom stereocenters. The van der Waals surface area contributed by atoms with E-state index in [1.807, 2.05) is 0 Å². The number of aromatic nitrogens is 3. The van der Waals surface area contributed by atoms with Gasteiger partial charge in [-0.3, -0.25) is 10.1 Å². The van der Waals surface area contributed by atoms with Gasteiger partial charge in [0, 0.05) is 18.0 Å². The lowest BCUT2D eigenvalue weighted by Crippen LogP contribution is -2.08. The van der Waals surface area contributed by atoms with Gasteiger partial charge in [0.15, 0.2) is 5.82 Å². The number of nitro benzene ring substituents is 1. The van der Waals surface area contributed by atoms with E-state index in [1.54, 1.807) is 0 Å². The largest absolute Gasteiger partial charge is 0.484 e. The standard InChI is InChI=1S/C15H15ClN4O3/c16-12-6-5-11(20(21)22)7-13(12)23-8-14-17-18-15(9-1-2-9)19(14)10-3-4-10/h5-7,9-10H,1-4,8H2. The van der Waals surface area contributed by atoms with Crippen LogP contribution in [0.5, 0.6) is 5.75 Å². The van der Waals surface area contributed by atoms with Crippen LogP contribution in [0.25, 0.3) is 0 Å². The first-order valence-corrected chi connectivity index (χ1v) is 8.01. The van der Waals surface area contributed by atoms with Gasteiger partial charge in [-0.15, -0.1) is 10.2 Å². The van der Waals surface area contributed by atoms with Gasteiger partial charge in [0.2, 0.25) is 0 Å². The topological polar surface area (TPSA) is 83.1 Å². The first-order chi connectivity index (χ1) is 11.1. The molecular weight excluding hydrogens is 320 g/mol. The van der Waals surface area contributed by atoms with Crippen LogP contribution >= 0.6 is 11.6 Å². The molecular formula is C15H15ClN4O3. The molecule has 0 bridgehead atoms. The Labute approximate surface area is 137 Å². The van der Waals surface area contributed by atoms with Crippen LogP contribution in [0, 0.1) is 10.1 Å². The van der Waals surface area contributed by atoms with Gasteiger partial charge in [0.1, 0.15) is 18.2 Å². The van der Waals surface area contributed by atoms with E-state index in [0.717, 1.165) is 24.5 Å². The summed E-state index contributed by atoms with van der Waals surface area (Å²) in [4.78, 5) is 10.4. The second kappa shape index (κ2) is 5.49. The van der Waals surface area contributed by atoms with Crippen LogP contribution in [0.15, 0.2) is 18.2 Å². The van der Waals surface area contributed by atoms with E-state index in [9.17, 15) is 10.1 Å². The summed E-state index contributed by atoms with van der Waals surface area (Å²) in [5.74, 6) is 2.63. The van der Waals surface area contributed by atoms with Crippen molar-refractivity contribution >= 4 is 17.3 Å². The van der Waals surface area contributed by atoms with Gasteiger partial charge in [-0.25, -0.2) is 0 Å². The lowest BCUT2D eigenvalue weighted by atomic mass is 10.3. The molecule has 0 N–H and O–H groups in total. The van der Waals surface area contributed by atoms with E-state index < -0.39 is 4.92 Å². The summed E-state index contributed by atoms with van der Waals surface area (Å²) in [5, 5.41) is 19.8. The van der Waals surface area contributed by atoms with Gasteiger partial charge in [0.25, 0.3) is 5.69 Å². The van der Waals surface area contributed by atoms with Crippen molar-refractivity contribution in [3.05, 3.63) is 45.0 Å². The highest BCUT2D eigenvalue weighted by molar-refractivity contribution is 6.32. The summed E-state index contributed by atoms with van der Waals surface area (Å²) >= 11 is 6.06. The Morgan fingerprint density at radius 3 is 2.74 bits per heavy atom. The Kier molecular flexibility index (Phi) is 3.45. The third-order valence-electron chi connectivity index (χ3n) is 4.13. The first-order valence-electron chi connectivity index (χ1n) is 7.64. The van der Waals surface area contributed by atoms with Gasteiger partial charge in [0.05, 0.1) is 16.0 Å². The summed E-state index contributed by atoms with van der Waals surface area (Å²) in [5.41, 5.74) is -0.0493. The Hall–Kier alpha value is -2.15. The molecule has 2 fully saturated rings. The lowest BCUT2D eigenvalue weighted by molar-refractivity contribution is -0.384. The summed E-state index contributed by atoms with van der Waals surface area (Å²) in [7, 11) is 0. The first kappa shape index (κ1) is 14.4. The molecule has 1 heterocycles. The van der Waals surface area contributed by atoms with Gasteiger partial charge >= 0.3 is 0 Å². The molecule has 0 unspecified atom stereocenters. The summed E-state index contributed by atoms with van der Waals surface area (Å²) in [6.45, 7) is 0.205. The Balaban J connectivity index is 1.55. The Morgan fingerprint density at radius 1 is 1.30 bits per heavy atom. The number of nitrogens with zero attached hydrogens (tertiary/aromatic N) is 4. The molecule has 23 heavy (non-hydrogen) atoms. The zero-order chi connectivity index (χ0) is 16.0. The normalized spacial score (nSPS) is 17.3. The lowest BCUT2D eigenvalue weighted by Gasteiger charge is -2.10. The van der Waals surface area contributed by atoms with Crippen molar-refractivity contribution in [3.8, 4) is 5.75 Å². The van der Waals surface area contributed by atoms with E-state index >= 15 is 0 Å². The van der Waals surface area contributed by atoms with Crippen LogP contribution in [0.3, 0.4) is 0 Å². The van der Waals surface area contributed by atoms with Crippen LogP contribution in [-0.4, -0.2) is 19.7 Å². The number of non-ortho nitro benzene ring substituents is 1. The summed E-state index contributed by atoms with van der Waals surface area (Å²) in [6, 6.07) is 4.63. The highest BCUT2D eigenvalue weighted by atomic mass is 35.5. The molecule has 8 heteroatoms. The highest BCUT2D eigenvalue weighted by Crippen LogP contribution is 2.44. The Morgan fingerprint density at radius 2 is 2.09 bits per heavy atom. The Bertz CT molecular complexity index is 768. The minimum Gasteiger partial charge on any atom is -0.484 e. The summed E-state index contributed by atoms with van der Waals surface area (Å²) in [6.07, 6.45) is 4.62. The summed E-state index contributed by atoms with van der Waals surface area (Å²) < 4.78 is 7.87. The van der Waals surface area contributed by atoms with E-state index in [4.69, 9.17) is 16.3 Å². The molecule has 7 nitrogen and oxygen atoms in total. The molecule has 0 aliphatic heterocycles. The zero-order valence-corrected chi connectivity index (χ0v) is 13.1. The number of halogens is 1. The van der Waals surface area contributed by atoms with Crippen LogP contribution in [-0.2, 0) is 6.61 Å². The zero-order valence-electron chi connectivity index (χ0n) is 12.3. The maximum Gasteiger partial charge on any atom is 0.273 e. The van der Waals surface area contributed by atoms with Crippen molar-refractivity contribution in [2.24, 2.45) is 0 Å². The van der Waals surface area contributed by atoms with Gasteiger partial charge < -0.3 is 9.30 Å². The highest BCUT2D eigenvalue weighted by Gasteiger charge is 2.36. The van der Waals surface area contributed by atoms with E-state index in [1.165, 1.54) is 31.0 Å². The maximum atomic E-state index is 10.9. The minimum absolute atomic E-state index is 0.0493. The molecule has 1 aromatic carbocycles. The molecule has 2 aromatic rings. The minimum atomic E-state index is -0.471. The van der Waals surface area contributed by atoms with Crippen LogP contribution in [0.1, 0.15) is 49.3 Å². The fourth-order valence-electron chi connectivity index (χ4n) is 2.64. The average molecular weight is 335 g/mol. The van der Waals surface area contributed by atoms with Crippen LogP contribution in [0.4, 0.5) is 5.69 Å². The smallest absolute Gasteiger partial charge is 0.273 e. The molecule has 0 radical (unpaired) electrons. The quantitative estimate of drug-likeness (QED) is 0.595. The number of rotatable bonds is 6. The monoisotopic (exact) mass is 334 g/mol. The number of ether oxygens (including phenoxy) is 1. The second-order valence-electron chi connectivity index (χ2n) is 6.01. The maximum absolute atomic E-state index is 10.9. The molecule has 1 aromatic heterocycles. The van der Waals surface area contributed by atoms with Gasteiger partial charge in [-0.2, -0.15) is 0 Å². The molecule has 0 amide bonds.